The van der Waals surface area contributed by atoms with E-state index in [4.69, 9.17) is 12.2 Å². The Morgan fingerprint density at radius 3 is 2.55 bits per heavy atom. The van der Waals surface area contributed by atoms with Crippen molar-refractivity contribution in [1.29, 1.82) is 0 Å². The van der Waals surface area contributed by atoms with Gasteiger partial charge in [0.2, 0.25) is 0 Å². The fourth-order valence-corrected chi connectivity index (χ4v) is 0.963. The molecule has 1 heteroatoms. The molecule has 11 heavy (non-hydrogen) atoms. The molecule has 1 aromatic rings. The van der Waals surface area contributed by atoms with Gasteiger partial charge in [-0.05, 0) is 31.0 Å². The SMILES string of the molecule is C#Cc1ccc(C)c(C)c1N. The van der Waals surface area contributed by atoms with Crippen molar-refractivity contribution in [3.8, 4) is 12.3 Å². The topological polar surface area (TPSA) is 26.0 Å². The smallest absolute Gasteiger partial charge is 0.0505 e. The lowest BCUT2D eigenvalue weighted by Crippen LogP contribution is -1.95. The Morgan fingerprint density at radius 1 is 1.36 bits per heavy atom. The zero-order valence-electron chi connectivity index (χ0n) is 6.81. The molecule has 0 aliphatic rings. The lowest BCUT2D eigenvalue weighted by Gasteiger charge is -2.05. The third-order valence-corrected chi connectivity index (χ3v) is 1.94. The molecule has 1 aromatic carbocycles. The highest BCUT2D eigenvalue weighted by molar-refractivity contribution is 5.61. The van der Waals surface area contributed by atoms with Gasteiger partial charge < -0.3 is 5.73 Å². The first-order chi connectivity index (χ1) is 5.16. The molecule has 0 aromatic heterocycles. The van der Waals surface area contributed by atoms with Crippen molar-refractivity contribution in [2.75, 3.05) is 5.73 Å². The van der Waals surface area contributed by atoms with E-state index in [0.29, 0.717) is 0 Å². The van der Waals surface area contributed by atoms with Gasteiger partial charge in [-0.1, -0.05) is 12.0 Å². The fourth-order valence-electron chi connectivity index (χ4n) is 0.963. The van der Waals surface area contributed by atoms with Gasteiger partial charge in [0.25, 0.3) is 0 Å². The quantitative estimate of drug-likeness (QED) is 0.437. The third-order valence-electron chi connectivity index (χ3n) is 1.94. The van der Waals surface area contributed by atoms with Crippen molar-refractivity contribution >= 4 is 5.69 Å². The van der Waals surface area contributed by atoms with Gasteiger partial charge in [0.05, 0.1) is 5.69 Å². The Morgan fingerprint density at radius 2 is 2.00 bits per heavy atom. The maximum absolute atomic E-state index is 5.75. The summed E-state index contributed by atoms with van der Waals surface area (Å²) in [7, 11) is 0. The van der Waals surface area contributed by atoms with Gasteiger partial charge >= 0.3 is 0 Å². The molecule has 0 amide bonds. The molecule has 0 bridgehead atoms. The Kier molecular flexibility index (Phi) is 1.87. The standard InChI is InChI=1S/C10H11N/c1-4-9-6-5-7(2)8(3)10(9)11/h1,5-6H,11H2,2-3H3. The highest BCUT2D eigenvalue weighted by atomic mass is 14.6. The van der Waals surface area contributed by atoms with Crippen molar-refractivity contribution in [2.24, 2.45) is 0 Å². The van der Waals surface area contributed by atoms with Crippen molar-refractivity contribution in [2.45, 2.75) is 13.8 Å². The lowest BCUT2D eigenvalue weighted by atomic mass is 10.0. The molecular weight excluding hydrogens is 134 g/mol. The van der Waals surface area contributed by atoms with Gasteiger partial charge in [0.15, 0.2) is 0 Å². The Balaban J connectivity index is 3.40. The average molecular weight is 145 g/mol. The van der Waals surface area contributed by atoms with E-state index in [1.165, 1.54) is 5.56 Å². The van der Waals surface area contributed by atoms with E-state index in [1.54, 1.807) is 0 Å². The van der Waals surface area contributed by atoms with Crippen molar-refractivity contribution < 1.29 is 0 Å². The molecule has 0 radical (unpaired) electrons. The van der Waals surface area contributed by atoms with Crippen molar-refractivity contribution in [3.05, 3.63) is 28.8 Å². The maximum atomic E-state index is 5.75. The van der Waals surface area contributed by atoms with Crippen LogP contribution in [0.4, 0.5) is 5.69 Å². The first-order valence-electron chi connectivity index (χ1n) is 3.49. The summed E-state index contributed by atoms with van der Waals surface area (Å²) < 4.78 is 0. The van der Waals surface area contributed by atoms with Crippen molar-refractivity contribution in [1.82, 2.24) is 0 Å². The van der Waals surface area contributed by atoms with Crippen LogP contribution in [0.5, 0.6) is 0 Å². The first kappa shape index (κ1) is 7.68. The lowest BCUT2D eigenvalue weighted by molar-refractivity contribution is 1.34. The van der Waals surface area contributed by atoms with Crippen molar-refractivity contribution in [3.63, 3.8) is 0 Å². The normalized spacial score (nSPS) is 9.18. The van der Waals surface area contributed by atoms with Crippen LogP contribution in [0.2, 0.25) is 0 Å². The van der Waals surface area contributed by atoms with E-state index in [1.807, 2.05) is 26.0 Å². The van der Waals surface area contributed by atoms with E-state index in [-0.39, 0.29) is 0 Å². The number of nitrogens with two attached hydrogens (primary N) is 1. The fraction of sp³-hybridized carbons (Fsp3) is 0.200. The summed E-state index contributed by atoms with van der Waals surface area (Å²) in [6.45, 7) is 4.00. The Hall–Kier alpha value is -1.42. The van der Waals surface area contributed by atoms with Crippen LogP contribution in [0.25, 0.3) is 0 Å². The molecule has 1 rings (SSSR count). The van der Waals surface area contributed by atoms with E-state index >= 15 is 0 Å². The summed E-state index contributed by atoms with van der Waals surface area (Å²) in [5, 5.41) is 0. The predicted octanol–water partition coefficient (Wildman–Crippen LogP) is 1.87. The average Bonchev–Trinajstić information content (AvgIpc) is 2.01. The molecule has 2 N–H and O–H groups in total. The number of terminal acetylenes is 1. The number of hydrogen-bond donors (Lipinski definition) is 1. The number of aryl methyl sites for hydroxylation is 1. The minimum atomic E-state index is 0.729. The number of hydrogen-bond acceptors (Lipinski definition) is 1. The monoisotopic (exact) mass is 145 g/mol. The first-order valence-corrected chi connectivity index (χ1v) is 3.49. The highest BCUT2D eigenvalue weighted by Crippen LogP contribution is 2.18. The molecule has 0 aliphatic carbocycles. The Bertz CT molecular complexity index is 318. The van der Waals surface area contributed by atoms with Gasteiger partial charge in [-0.3, -0.25) is 0 Å². The van der Waals surface area contributed by atoms with Crippen LogP contribution in [0.15, 0.2) is 12.1 Å². The van der Waals surface area contributed by atoms with Crippen LogP contribution in [0, 0.1) is 26.2 Å². The summed E-state index contributed by atoms with van der Waals surface area (Å²) in [6.07, 6.45) is 5.24. The van der Waals surface area contributed by atoms with Crippen LogP contribution in [-0.4, -0.2) is 0 Å². The molecule has 0 atom stereocenters. The third kappa shape index (κ3) is 1.20. The number of benzene rings is 1. The highest BCUT2D eigenvalue weighted by Gasteiger charge is 2.00. The zero-order chi connectivity index (χ0) is 8.43. The molecular formula is C10H11N. The van der Waals surface area contributed by atoms with Gasteiger partial charge in [-0.2, -0.15) is 0 Å². The molecule has 0 unspecified atom stereocenters. The van der Waals surface area contributed by atoms with Gasteiger partial charge in [-0.25, -0.2) is 0 Å². The zero-order valence-corrected chi connectivity index (χ0v) is 6.81. The Labute approximate surface area is 67.2 Å². The van der Waals surface area contributed by atoms with Gasteiger partial charge in [0, 0.05) is 5.56 Å². The predicted molar refractivity (Wildman–Crippen MR) is 48.3 cm³/mol. The minimum Gasteiger partial charge on any atom is -0.397 e. The summed E-state index contributed by atoms with van der Waals surface area (Å²) in [5.41, 5.74) is 9.53. The number of nitrogen functional groups attached to an aromatic ring is 1. The maximum Gasteiger partial charge on any atom is 0.0505 e. The van der Waals surface area contributed by atoms with Crippen LogP contribution in [0.1, 0.15) is 16.7 Å². The molecule has 0 spiro atoms. The second-order valence-electron chi connectivity index (χ2n) is 2.61. The molecule has 0 heterocycles. The van der Waals surface area contributed by atoms with Crippen LogP contribution in [-0.2, 0) is 0 Å². The molecule has 56 valence electrons. The summed E-state index contributed by atoms with van der Waals surface area (Å²) in [6, 6.07) is 3.86. The van der Waals surface area contributed by atoms with E-state index < -0.39 is 0 Å². The summed E-state index contributed by atoms with van der Waals surface area (Å²) in [4.78, 5) is 0. The second kappa shape index (κ2) is 2.67. The molecule has 0 saturated carbocycles. The van der Waals surface area contributed by atoms with Gasteiger partial charge in [0.1, 0.15) is 0 Å². The van der Waals surface area contributed by atoms with E-state index in [0.717, 1.165) is 16.8 Å². The molecule has 1 nitrogen and oxygen atoms in total. The number of anilines is 1. The molecule has 0 saturated heterocycles. The van der Waals surface area contributed by atoms with Crippen LogP contribution >= 0.6 is 0 Å². The minimum absolute atomic E-state index is 0.729. The van der Waals surface area contributed by atoms with Crippen LogP contribution < -0.4 is 5.73 Å². The summed E-state index contributed by atoms with van der Waals surface area (Å²) in [5.74, 6) is 2.54. The van der Waals surface area contributed by atoms with E-state index in [2.05, 4.69) is 5.92 Å². The number of rotatable bonds is 0. The van der Waals surface area contributed by atoms with Gasteiger partial charge in [-0.15, -0.1) is 6.42 Å². The van der Waals surface area contributed by atoms with Crippen LogP contribution in [0.3, 0.4) is 0 Å². The molecule has 0 fully saturated rings. The summed E-state index contributed by atoms with van der Waals surface area (Å²) >= 11 is 0. The molecule has 0 aliphatic heterocycles. The second-order valence-corrected chi connectivity index (χ2v) is 2.61. The van der Waals surface area contributed by atoms with E-state index in [9.17, 15) is 0 Å². The largest absolute Gasteiger partial charge is 0.397 e.